The van der Waals surface area contributed by atoms with Gasteiger partial charge in [0.1, 0.15) is 6.54 Å². The molecule has 0 aliphatic carbocycles. The third-order valence-electron chi connectivity index (χ3n) is 3.78. The Hall–Kier alpha value is -3.10. The Balaban J connectivity index is 1.70. The maximum atomic E-state index is 12.5. The van der Waals surface area contributed by atoms with Gasteiger partial charge in [-0.15, -0.1) is 0 Å². The summed E-state index contributed by atoms with van der Waals surface area (Å²) in [5.41, 5.74) is 1.06. The molecule has 2 aromatic rings. The Labute approximate surface area is 169 Å². The first kappa shape index (κ1) is 19.7. The minimum Gasteiger partial charge on any atom is -0.478 e. The molecule has 2 aromatic carbocycles. The predicted octanol–water partition coefficient (Wildman–Crippen LogP) is 3.71. The zero-order valence-electron chi connectivity index (χ0n) is 14.2. The summed E-state index contributed by atoms with van der Waals surface area (Å²) in [5.74, 6) is -2.20. The molecule has 1 saturated heterocycles. The first-order valence-electron chi connectivity index (χ1n) is 7.98. The quantitative estimate of drug-likeness (QED) is 0.720. The molecule has 1 heterocycles. The maximum absolute atomic E-state index is 12.5. The number of carboxylic acid groups (broad SMARTS) is 1. The molecule has 7 nitrogen and oxygen atoms in total. The van der Waals surface area contributed by atoms with Gasteiger partial charge in [-0.1, -0.05) is 35.9 Å². The summed E-state index contributed by atoms with van der Waals surface area (Å²) in [6, 6.07) is 12.5. The van der Waals surface area contributed by atoms with E-state index >= 15 is 0 Å². The lowest BCUT2D eigenvalue weighted by Gasteiger charge is -2.13. The zero-order chi connectivity index (χ0) is 20.3. The molecule has 2 N–H and O–H groups in total. The second kappa shape index (κ2) is 8.28. The molecule has 0 saturated carbocycles. The molecule has 1 fully saturated rings. The molecule has 0 unspecified atom stereocenters. The van der Waals surface area contributed by atoms with Crippen LogP contribution in [0.2, 0.25) is 5.02 Å². The van der Waals surface area contributed by atoms with Crippen LogP contribution in [-0.4, -0.2) is 39.6 Å². The van der Waals surface area contributed by atoms with Gasteiger partial charge in [-0.3, -0.25) is 19.3 Å². The number of halogens is 1. The van der Waals surface area contributed by atoms with E-state index in [2.05, 4.69) is 5.32 Å². The van der Waals surface area contributed by atoms with Crippen LogP contribution in [0.1, 0.15) is 15.9 Å². The number of imide groups is 1. The van der Waals surface area contributed by atoms with Gasteiger partial charge in [-0.05, 0) is 47.7 Å². The monoisotopic (exact) mass is 416 g/mol. The minimum absolute atomic E-state index is 0.112. The average molecular weight is 417 g/mol. The van der Waals surface area contributed by atoms with Gasteiger partial charge in [-0.25, -0.2) is 4.79 Å². The number of carbonyl (C=O) groups is 4. The van der Waals surface area contributed by atoms with E-state index < -0.39 is 29.6 Å². The molecule has 28 heavy (non-hydrogen) atoms. The number of nitrogens with zero attached hydrogens (tertiary/aromatic N) is 1. The molecular formula is C19H13ClN2O5S. The van der Waals surface area contributed by atoms with Gasteiger partial charge >= 0.3 is 5.97 Å². The molecule has 3 amide bonds. The van der Waals surface area contributed by atoms with Crippen LogP contribution >= 0.6 is 23.4 Å². The van der Waals surface area contributed by atoms with E-state index in [1.165, 1.54) is 30.3 Å². The Morgan fingerprint density at radius 3 is 2.43 bits per heavy atom. The van der Waals surface area contributed by atoms with Crippen LogP contribution < -0.4 is 5.32 Å². The number of carboxylic acids is 1. The van der Waals surface area contributed by atoms with Crippen LogP contribution in [0.3, 0.4) is 0 Å². The number of hydrogen-bond acceptors (Lipinski definition) is 5. The Kier molecular flexibility index (Phi) is 5.81. The average Bonchev–Trinajstić information content (AvgIpc) is 2.91. The summed E-state index contributed by atoms with van der Waals surface area (Å²) in [5, 5.41) is 11.2. The van der Waals surface area contributed by atoms with Crippen LogP contribution in [0, 0.1) is 0 Å². The van der Waals surface area contributed by atoms with Crippen molar-refractivity contribution in [1.29, 1.82) is 0 Å². The molecule has 9 heteroatoms. The van der Waals surface area contributed by atoms with Crippen molar-refractivity contribution in [3.05, 3.63) is 69.6 Å². The van der Waals surface area contributed by atoms with Gasteiger partial charge in [0, 0.05) is 0 Å². The van der Waals surface area contributed by atoms with Crippen LogP contribution in [0.4, 0.5) is 10.5 Å². The largest absolute Gasteiger partial charge is 0.478 e. The number of para-hydroxylation sites is 1. The van der Waals surface area contributed by atoms with Crippen molar-refractivity contribution in [2.75, 3.05) is 11.9 Å². The van der Waals surface area contributed by atoms with Crippen LogP contribution in [0.5, 0.6) is 0 Å². The molecule has 1 aliphatic heterocycles. The minimum atomic E-state index is -1.06. The van der Waals surface area contributed by atoms with Gasteiger partial charge in [0.05, 0.1) is 21.2 Å². The fourth-order valence-electron chi connectivity index (χ4n) is 2.41. The Morgan fingerprint density at radius 2 is 1.79 bits per heavy atom. The zero-order valence-corrected chi connectivity index (χ0v) is 15.8. The van der Waals surface area contributed by atoms with Crippen molar-refractivity contribution in [1.82, 2.24) is 4.90 Å². The number of nitrogens with one attached hydrogen (secondary N) is 1. The van der Waals surface area contributed by atoms with E-state index in [1.54, 1.807) is 24.3 Å². The van der Waals surface area contributed by atoms with Crippen molar-refractivity contribution in [3.63, 3.8) is 0 Å². The van der Waals surface area contributed by atoms with E-state index in [1.807, 2.05) is 0 Å². The normalized spacial score (nSPS) is 15.2. The molecule has 0 spiro atoms. The van der Waals surface area contributed by atoms with Crippen molar-refractivity contribution >= 4 is 58.1 Å². The second-order valence-electron chi connectivity index (χ2n) is 5.72. The van der Waals surface area contributed by atoms with E-state index in [-0.39, 0.29) is 10.5 Å². The molecule has 1 aliphatic rings. The number of amides is 3. The van der Waals surface area contributed by atoms with Crippen molar-refractivity contribution in [2.45, 2.75) is 0 Å². The van der Waals surface area contributed by atoms with Gasteiger partial charge in [0.15, 0.2) is 0 Å². The molecule has 0 atom stereocenters. The standard InChI is InChI=1S/C19H13ClN2O5S/c20-13-3-1-2-4-14(13)21-16(23)10-22-17(24)15(28-19(22)27)9-11-5-7-12(8-6-11)18(25)26/h1-9H,10H2,(H,21,23)(H,25,26)/b15-9+. The van der Waals surface area contributed by atoms with E-state index in [0.29, 0.717) is 28.0 Å². The SMILES string of the molecule is O=C(CN1C(=O)S/C(=C/c2ccc(C(=O)O)cc2)C1=O)Nc1ccccc1Cl. The maximum Gasteiger partial charge on any atom is 0.335 e. The highest BCUT2D eigenvalue weighted by Crippen LogP contribution is 2.32. The highest BCUT2D eigenvalue weighted by Gasteiger charge is 2.36. The van der Waals surface area contributed by atoms with E-state index in [4.69, 9.17) is 16.7 Å². The molecule has 3 rings (SSSR count). The lowest BCUT2D eigenvalue weighted by molar-refractivity contribution is -0.127. The smallest absolute Gasteiger partial charge is 0.335 e. The molecule has 142 valence electrons. The number of anilines is 1. The van der Waals surface area contributed by atoms with E-state index in [0.717, 1.165) is 4.90 Å². The number of rotatable bonds is 5. The van der Waals surface area contributed by atoms with Gasteiger partial charge < -0.3 is 10.4 Å². The molecular weight excluding hydrogens is 404 g/mol. The fourth-order valence-corrected chi connectivity index (χ4v) is 3.43. The lowest BCUT2D eigenvalue weighted by Crippen LogP contribution is -2.36. The topological polar surface area (TPSA) is 104 Å². The highest BCUT2D eigenvalue weighted by atomic mass is 35.5. The van der Waals surface area contributed by atoms with E-state index in [9.17, 15) is 19.2 Å². The van der Waals surface area contributed by atoms with Gasteiger partial charge in [0.2, 0.25) is 5.91 Å². The summed E-state index contributed by atoms with van der Waals surface area (Å²) in [6.07, 6.45) is 1.47. The first-order chi connectivity index (χ1) is 13.3. The molecule has 0 radical (unpaired) electrons. The number of thioether (sulfide) groups is 1. The van der Waals surface area contributed by atoms with Crippen LogP contribution in [0.15, 0.2) is 53.4 Å². The summed E-state index contributed by atoms with van der Waals surface area (Å²) in [4.78, 5) is 48.6. The predicted molar refractivity (Wildman–Crippen MR) is 106 cm³/mol. The number of carbonyl (C=O) groups excluding carboxylic acids is 3. The third kappa shape index (κ3) is 4.41. The van der Waals surface area contributed by atoms with Gasteiger partial charge in [0.25, 0.3) is 11.1 Å². The Bertz CT molecular complexity index is 1000. The number of aromatic carboxylic acids is 1. The summed E-state index contributed by atoms with van der Waals surface area (Å²) in [7, 11) is 0. The third-order valence-corrected chi connectivity index (χ3v) is 5.02. The number of benzene rings is 2. The van der Waals surface area contributed by atoms with Crippen molar-refractivity contribution < 1.29 is 24.3 Å². The lowest BCUT2D eigenvalue weighted by atomic mass is 10.1. The van der Waals surface area contributed by atoms with Crippen molar-refractivity contribution in [2.24, 2.45) is 0 Å². The molecule has 0 aromatic heterocycles. The summed E-state index contributed by atoms with van der Waals surface area (Å²) >= 11 is 6.69. The highest BCUT2D eigenvalue weighted by molar-refractivity contribution is 8.18. The van der Waals surface area contributed by atoms with Gasteiger partial charge in [-0.2, -0.15) is 0 Å². The fraction of sp³-hybridized carbons (Fsp3) is 0.0526. The van der Waals surface area contributed by atoms with Crippen molar-refractivity contribution in [3.8, 4) is 0 Å². The van der Waals surface area contributed by atoms with Crippen LogP contribution in [-0.2, 0) is 9.59 Å². The molecule has 0 bridgehead atoms. The first-order valence-corrected chi connectivity index (χ1v) is 9.17. The van der Waals surface area contributed by atoms with Crippen LogP contribution in [0.25, 0.3) is 6.08 Å². The number of hydrogen-bond donors (Lipinski definition) is 2. The summed E-state index contributed by atoms with van der Waals surface area (Å²) in [6.45, 7) is -0.439. The summed E-state index contributed by atoms with van der Waals surface area (Å²) < 4.78 is 0. The second-order valence-corrected chi connectivity index (χ2v) is 7.12. The Morgan fingerprint density at radius 1 is 1.11 bits per heavy atom.